The smallest absolute Gasteiger partial charge is 0.251 e. The zero-order valence-corrected chi connectivity index (χ0v) is 16.5. The van der Waals surface area contributed by atoms with Gasteiger partial charge in [0.2, 0.25) is 5.91 Å². The molecule has 2 N–H and O–H groups in total. The molecule has 3 aromatic rings. The Morgan fingerprint density at radius 2 is 1.57 bits per heavy atom. The molecule has 0 aliphatic carbocycles. The number of fused-ring (bicyclic) bond motifs is 1. The Hall–Kier alpha value is -3.14. The number of rotatable bonds is 6. The molecule has 4 heteroatoms. The largest absolute Gasteiger partial charge is 0.340 e. The summed E-state index contributed by atoms with van der Waals surface area (Å²) in [6, 6.07) is 20.6. The molecular weight excluding hydrogens is 348 g/mol. The summed E-state index contributed by atoms with van der Waals surface area (Å²) in [5.74, 6) is -0.502. The van der Waals surface area contributed by atoms with Gasteiger partial charge < -0.3 is 10.6 Å². The molecule has 0 radical (unpaired) electrons. The first-order valence-corrected chi connectivity index (χ1v) is 9.67. The Bertz CT molecular complexity index is 977. The minimum atomic E-state index is -0.621. The number of anilines is 1. The van der Waals surface area contributed by atoms with Crippen LogP contribution in [-0.4, -0.2) is 17.9 Å². The van der Waals surface area contributed by atoms with Gasteiger partial charge in [0.05, 0.1) is 0 Å². The predicted octanol–water partition coefficient (Wildman–Crippen LogP) is 4.80. The van der Waals surface area contributed by atoms with E-state index in [-0.39, 0.29) is 17.7 Å². The SMILES string of the molecule is CCc1ccc(C(=O)NC(C(=O)Nc2ccc3ccccc3c2)C(C)C)cc1. The van der Waals surface area contributed by atoms with Gasteiger partial charge in [-0.1, -0.05) is 63.2 Å². The number of aryl methyl sites for hydroxylation is 1. The third-order valence-electron chi connectivity index (χ3n) is 4.88. The number of carbonyl (C=O) groups excluding carboxylic acids is 2. The van der Waals surface area contributed by atoms with E-state index in [1.165, 1.54) is 5.56 Å². The second-order valence-corrected chi connectivity index (χ2v) is 7.30. The highest BCUT2D eigenvalue weighted by molar-refractivity contribution is 6.02. The van der Waals surface area contributed by atoms with Crippen LogP contribution in [0.25, 0.3) is 10.8 Å². The van der Waals surface area contributed by atoms with Crippen LogP contribution in [0, 0.1) is 5.92 Å². The quantitative estimate of drug-likeness (QED) is 0.651. The van der Waals surface area contributed by atoms with Gasteiger partial charge in [-0.25, -0.2) is 0 Å². The highest BCUT2D eigenvalue weighted by Crippen LogP contribution is 2.19. The Balaban J connectivity index is 1.72. The lowest BCUT2D eigenvalue weighted by atomic mass is 10.0. The molecule has 0 saturated carbocycles. The van der Waals surface area contributed by atoms with Crippen LogP contribution in [0.2, 0.25) is 0 Å². The lowest BCUT2D eigenvalue weighted by Gasteiger charge is -2.22. The summed E-state index contributed by atoms with van der Waals surface area (Å²) in [5, 5.41) is 7.99. The van der Waals surface area contributed by atoms with E-state index in [0.717, 1.165) is 22.9 Å². The van der Waals surface area contributed by atoms with Crippen LogP contribution in [0.4, 0.5) is 5.69 Å². The molecule has 0 bridgehead atoms. The van der Waals surface area contributed by atoms with Crippen molar-refractivity contribution in [3.63, 3.8) is 0 Å². The first-order valence-electron chi connectivity index (χ1n) is 9.67. The van der Waals surface area contributed by atoms with E-state index in [1.807, 2.05) is 68.4 Å². The van der Waals surface area contributed by atoms with Gasteiger partial charge in [0.15, 0.2) is 0 Å². The molecule has 0 fully saturated rings. The van der Waals surface area contributed by atoms with Crippen LogP contribution in [0.3, 0.4) is 0 Å². The molecule has 4 nitrogen and oxygen atoms in total. The molecule has 0 spiro atoms. The molecule has 3 aromatic carbocycles. The van der Waals surface area contributed by atoms with E-state index >= 15 is 0 Å². The monoisotopic (exact) mass is 374 g/mol. The summed E-state index contributed by atoms with van der Waals surface area (Å²) in [4.78, 5) is 25.4. The lowest BCUT2D eigenvalue weighted by Crippen LogP contribution is -2.47. The van der Waals surface area contributed by atoms with Crippen LogP contribution in [0.1, 0.15) is 36.7 Å². The second kappa shape index (κ2) is 8.70. The van der Waals surface area contributed by atoms with Crippen molar-refractivity contribution >= 4 is 28.3 Å². The fraction of sp³-hybridized carbons (Fsp3) is 0.250. The number of benzene rings is 3. The topological polar surface area (TPSA) is 58.2 Å². The Labute approximate surface area is 166 Å². The summed E-state index contributed by atoms with van der Waals surface area (Å²) in [5.41, 5.74) is 2.45. The standard InChI is InChI=1S/C24H26N2O2/c1-4-17-9-11-19(12-10-17)23(27)26-22(16(2)3)24(28)25-21-14-13-18-7-5-6-8-20(18)15-21/h5-16,22H,4H2,1-3H3,(H,25,28)(H,26,27). The first-order chi connectivity index (χ1) is 13.5. The molecular formula is C24H26N2O2. The number of carbonyl (C=O) groups is 2. The van der Waals surface area contributed by atoms with Crippen molar-refractivity contribution in [3.05, 3.63) is 77.9 Å². The van der Waals surface area contributed by atoms with Gasteiger partial charge in [-0.3, -0.25) is 9.59 Å². The van der Waals surface area contributed by atoms with E-state index in [4.69, 9.17) is 0 Å². The van der Waals surface area contributed by atoms with E-state index < -0.39 is 6.04 Å². The molecule has 144 valence electrons. The summed E-state index contributed by atoms with van der Waals surface area (Å²) >= 11 is 0. The number of hydrogen-bond donors (Lipinski definition) is 2. The van der Waals surface area contributed by atoms with Gasteiger partial charge in [0.25, 0.3) is 5.91 Å². The van der Waals surface area contributed by atoms with E-state index in [1.54, 1.807) is 12.1 Å². The third kappa shape index (κ3) is 4.58. The minimum Gasteiger partial charge on any atom is -0.340 e. The zero-order valence-electron chi connectivity index (χ0n) is 16.5. The predicted molar refractivity (Wildman–Crippen MR) is 114 cm³/mol. The third-order valence-corrected chi connectivity index (χ3v) is 4.88. The van der Waals surface area contributed by atoms with E-state index in [9.17, 15) is 9.59 Å². The molecule has 1 unspecified atom stereocenters. The van der Waals surface area contributed by atoms with Gasteiger partial charge in [-0.15, -0.1) is 0 Å². The van der Waals surface area contributed by atoms with Crippen molar-refractivity contribution in [1.29, 1.82) is 0 Å². The fourth-order valence-electron chi connectivity index (χ4n) is 3.14. The molecule has 0 aliphatic rings. The summed E-state index contributed by atoms with van der Waals surface area (Å²) in [7, 11) is 0. The first kappa shape index (κ1) is 19.6. The highest BCUT2D eigenvalue weighted by Gasteiger charge is 2.24. The van der Waals surface area contributed by atoms with Gasteiger partial charge >= 0.3 is 0 Å². The molecule has 0 aliphatic heterocycles. The average Bonchev–Trinajstić information content (AvgIpc) is 2.71. The van der Waals surface area contributed by atoms with Crippen molar-refractivity contribution in [2.45, 2.75) is 33.2 Å². The maximum atomic E-state index is 12.8. The molecule has 1 atom stereocenters. The lowest BCUT2D eigenvalue weighted by molar-refractivity contribution is -0.118. The van der Waals surface area contributed by atoms with Crippen LogP contribution in [0.5, 0.6) is 0 Å². The Morgan fingerprint density at radius 3 is 2.21 bits per heavy atom. The van der Waals surface area contributed by atoms with Gasteiger partial charge in [-0.2, -0.15) is 0 Å². The number of amides is 2. The maximum absolute atomic E-state index is 12.8. The van der Waals surface area contributed by atoms with Gasteiger partial charge in [-0.05, 0) is 52.9 Å². The van der Waals surface area contributed by atoms with E-state index in [0.29, 0.717) is 5.56 Å². The molecule has 0 aromatic heterocycles. The molecule has 0 saturated heterocycles. The molecule has 3 rings (SSSR count). The Morgan fingerprint density at radius 1 is 0.893 bits per heavy atom. The van der Waals surface area contributed by atoms with Crippen LogP contribution in [0.15, 0.2) is 66.7 Å². The van der Waals surface area contributed by atoms with Crippen molar-refractivity contribution in [2.75, 3.05) is 5.32 Å². The van der Waals surface area contributed by atoms with Crippen molar-refractivity contribution < 1.29 is 9.59 Å². The number of nitrogens with one attached hydrogen (secondary N) is 2. The normalized spacial score (nSPS) is 12.0. The number of hydrogen-bond acceptors (Lipinski definition) is 2. The molecule has 28 heavy (non-hydrogen) atoms. The average molecular weight is 374 g/mol. The van der Waals surface area contributed by atoms with Crippen LogP contribution >= 0.6 is 0 Å². The molecule has 2 amide bonds. The maximum Gasteiger partial charge on any atom is 0.251 e. The highest BCUT2D eigenvalue weighted by atomic mass is 16.2. The minimum absolute atomic E-state index is 0.0423. The van der Waals surface area contributed by atoms with Crippen LogP contribution in [-0.2, 0) is 11.2 Å². The van der Waals surface area contributed by atoms with Crippen molar-refractivity contribution in [2.24, 2.45) is 5.92 Å². The second-order valence-electron chi connectivity index (χ2n) is 7.30. The van der Waals surface area contributed by atoms with Crippen molar-refractivity contribution in [1.82, 2.24) is 5.32 Å². The Kier molecular flexibility index (Phi) is 6.09. The van der Waals surface area contributed by atoms with Crippen LogP contribution < -0.4 is 10.6 Å². The summed E-state index contributed by atoms with van der Waals surface area (Å²) in [6.07, 6.45) is 0.921. The van der Waals surface area contributed by atoms with Gasteiger partial charge in [0.1, 0.15) is 6.04 Å². The van der Waals surface area contributed by atoms with Crippen molar-refractivity contribution in [3.8, 4) is 0 Å². The zero-order chi connectivity index (χ0) is 20.1. The summed E-state index contributed by atoms with van der Waals surface area (Å²) in [6.45, 7) is 5.91. The summed E-state index contributed by atoms with van der Waals surface area (Å²) < 4.78 is 0. The van der Waals surface area contributed by atoms with E-state index in [2.05, 4.69) is 17.6 Å². The fourth-order valence-corrected chi connectivity index (χ4v) is 3.14. The van der Waals surface area contributed by atoms with Gasteiger partial charge in [0, 0.05) is 11.3 Å². The molecule has 0 heterocycles.